The van der Waals surface area contributed by atoms with E-state index in [1.54, 1.807) is 7.11 Å². The first-order valence-corrected chi connectivity index (χ1v) is 7.14. The van der Waals surface area contributed by atoms with E-state index in [0.29, 0.717) is 0 Å². The Kier molecular flexibility index (Phi) is 4.80. The fourth-order valence-corrected chi connectivity index (χ4v) is 2.40. The molecule has 0 heterocycles. The smallest absolute Gasteiger partial charge is 0.122 e. The molecule has 0 fully saturated rings. The van der Waals surface area contributed by atoms with Crippen molar-refractivity contribution in [1.29, 1.82) is 0 Å². The van der Waals surface area contributed by atoms with E-state index in [2.05, 4.69) is 43.3 Å². The van der Waals surface area contributed by atoms with Crippen molar-refractivity contribution in [3.05, 3.63) is 64.7 Å². The Labute approximate surface area is 121 Å². The van der Waals surface area contributed by atoms with E-state index >= 15 is 0 Å². The average Bonchev–Trinajstić information content (AvgIpc) is 2.48. The van der Waals surface area contributed by atoms with Crippen molar-refractivity contribution < 1.29 is 4.74 Å². The molecule has 0 amide bonds. The van der Waals surface area contributed by atoms with Gasteiger partial charge < -0.3 is 10.5 Å². The van der Waals surface area contributed by atoms with Crippen LogP contribution >= 0.6 is 0 Å². The first-order chi connectivity index (χ1) is 9.65. The maximum Gasteiger partial charge on any atom is 0.122 e. The van der Waals surface area contributed by atoms with Gasteiger partial charge in [0.25, 0.3) is 0 Å². The molecule has 0 spiro atoms. The van der Waals surface area contributed by atoms with Gasteiger partial charge in [-0.05, 0) is 41.7 Å². The summed E-state index contributed by atoms with van der Waals surface area (Å²) in [6.07, 6.45) is 2.29. The largest absolute Gasteiger partial charge is 0.496 e. The highest BCUT2D eigenvalue weighted by molar-refractivity contribution is 5.41. The second-order valence-electron chi connectivity index (χ2n) is 5.20. The van der Waals surface area contributed by atoms with Crippen molar-refractivity contribution >= 4 is 0 Å². The first kappa shape index (κ1) is 14.6. The SMILES string of the molecule is CCCc1ccc(C(N)c2ccc(C)c(OC)c2)cc1. The Balaban J connectivity index is 2.24. The summed E-state index contributed by atoms with van der Waals surface area (Å²) in [7, 11) is 1.69. The number of aryl methyl sites for hydroxylation is 2. The molecule has 0 radical (unpaired) electrons. The Morgan fingerprint density at radius 1 is 1.05 bits per heavy atom. The van der Waals surface area contributed by atoms with Gasteiger partial charge in [-0.3, -0.25) is 0 Å². The lowest BCUT2D eigenvalue weighted by atomic mass is 9.97. The number of ether oxygens (including phenoxy) is 1. The summed E-state index contributed by atoms with van der Waals surface area (Å²) in [5, 5.41) is 0. The van der Waals surface area contributed by atoms with Crippen LogP contribution in [0.25, 0.3) is 0 Å². The maximum absolute atomic E-state index is 6.36. The number of methoxy groups -OCH3 is 1. The van der Waals surface area contributed by atoms with Gasteiger partial charge >= 0.3 is 0 Å². The molecular formula is C18H23NO. The van der Waals surface area contributed by atoms with Crippen molar-refractivity contribution in [3.8, 4) is 5.75 Å². The Morgan fingerprint density at radius 3 is 2.30 bits per heavy atom. The summed E-state index contributed by atoms with van der Waals surface area (Å²) in [6.45, 7) is 4.23. The minimum Gasteiger partial charge on any atom is -0.496 e. The highest BCUT2D eigenvalue weighted by Gasteiger charge is 2.10. The predicted molar refractivity (Wildman–Crippen MR) is 84.2 cm³/mol. The summed E-state index contributed by atoms with van der Waals surface area (Å²) >= 11 is 0. The monoisotopic (exact) mass is 269 g/mol. The van der Waals surface area contributed by atoms with Gasteiger partial charge in [0, 0.05) is 0 Å². The molecule has 2 nitrogen and oxygen atoms in total. The van der Waals surface area contributed by atoms with E-state index in [9.17, 15) is 0 Å². The molecule has 1 atom stereocenters. The Hall–Kier alpha value is -1.80. The number of rotatable bonds is 5. The third-order valence-electron chi connectivity index (χ3n) is 3.67. The molecule has 0 saturated carbocycles. The van der Waals surface area contributed by atoms with Crippen LogP contribution in [0.4, 0.5) is 0 Å². The van der Waals surface area contributed by atoms with E-state index in [0.717, 1.165) is 28.9 Å². The lowest BCUT2D eigenvalue weighted by molar-refractivity contribution is 0.411. The third kappa shape index (κ3) is 3.20. The zero-order valence-electron chi connectivity index (χ0n) is 12.5. The minimum atomic E-state index is -0.111. The molecule has 2 rings (SSSR count). The van der Waals surface area contributed by atoms with Crippen LogP contribution in [0, 0.1) is 6.92 Å². The van der Waals surface area contributed by atoms with E-state index in [-0.39, 0.29) is 6.04 Å². The second-order valence-corrected chi connectivity index (χ2v) is 5.20. The summed E-state index contributed by atoms with van der Waals surface area (Å²) in [4.78, 5) is 0. The molecule has 2 N–H and O–H groups in total. The van der Waals surface area contributed by atoms with Crippen molar-refractivity contribution in [2.24, 2.45) is 5.73 Å². The number of nitrogens with two attached hydrogens (primary N) is 1. The fraction of sp³-hybridized carbons (Fsp3) is 0.333. The van der Waals surface area contributed by atoms with Crippen molar-refractivity contribution in [2.75, 3.05) is 7.11 Å². The third-order valence-corrected chi connectivity index (χ3v) is 3.67. The molecule has 20 heavy (non-hydrogen) atoms. The summed E-state index contributed by atoms with van der Waals surface area (Å²) in [6, 6.07) is 14.6. The molecule has 2 aromatic carbocycles. The Morgan fingerprint density at radius 2 is 1.70 bits per heavy atom. The highest BCUT2D eigenvalue weighted by atomic mass is 16.5. The van der Waals surface area contributed by atoms with E-state index in [4.69, 9.17) is 10.5 Å². The summed E-state index contributed by atoms with van der Waals surface area (Å²) < 4.78 is 5.37. The molecule has 0 aliphatic heterocycles. The van der Waals surface area contributed by atoms with Gasteiger partial charge in [0.2, 0.25) is 0 Å². The van der Waals surface area contributed by atoms with Crippen LogP contribution in [0.1, 0.15) is 41.6 Å². The quantitative estimate of drug-likeness (QED) is 0.890. The van der Waals surface area contributed by atoms with Crippen LogP contribution < -0.4 is 10.5 Å². The Bertz CT molecular complexity index is 560. The van der Waals surface area contributed by atoms with Gasteiger partial charge in [0.15, 0.2) is 0 Å². The fourth-order valence-electron chi connectivity index (χ4n) is 2.40. The molecule has 0 aliphatic rings. The van der Waals surface area contributed by atoms with Crippen molar-refractivity contribution in [2.45, 2.75) is 32.7 Å². The first-order valence-electron chi connectivity index (χ1n) is 7.14. The van der Waals surface area contributed by atoms with Gasteiger partial charge in [-0.25, -0.2) is 0 Å². The number of hydrogen-bond acceptors (Lipinski definition) is 2. The minimum absolute atomic E-state index is 0.111. The van der Waals surface area contributed by atoms with Crippen LogP contribution in [-0.4, -0.2) is 7.11 Å². The van der Waals surface area contributed by atoms with E-state index in [1.165, 1.54) is 12.0 Å². The summed E-state index contributed by atoms with van der Waals surface area (Å²) in [5.41, 5.74) is 11.1. The predicted octanol–water partition coefficient (Wildman–Crippen LogP) is 4.00. The maximum atomic E-state index is 6.36. The standard InChI is InChI=1S/C18H23NO/c1-4-5-14-7-10-15(11-8-14)18(19)16-9-6-13(2)17(12-16)20-3/h6-12,18H,4-5,19H2,1-3H3. The van der Waals surface area contributed by atoms with Gasteiger partial charge in [0.1, 0.15) is 5.75 Å². The lowest BCUT2D eigenvalue weighted by Gasteiger charge is -2.15. The van der Waals surface area contributed by atoms with Crippen molar-refractivity contribution in [3.63, 3.8) is 0 Å². The molecular weight excluding hydrogens is 246 g/mol. The molecule has 0 aliphatic carbocycles. The van der Waals surface area contributed by atoms with Gasteiger partial charge in [-0.15, -0.1) is 0 Å². The van der Waals surface area contributed by atoms with Crippen LogP contribution in [0.3, 0.4) is 0 Å². The van der Waals surface area contributed by atoms with Crippen LogP contribution in [-0.2, 0) is 6.42 Å². The normalized spacial score (nSPS) is 12.2. The van der Waals surface area contributed by atoms with E-state index < -0.39 is 0 Å². The van der Waals surface area contributed by atoms with Gasteiger partial charge in [0.05, 0.1) is 13.2 Å². The molecule has 1 unspecified atom stereocenters. The number of hydrogen-bond donors (Lipinski definition) is 1. The zero-order chi connectivity index (χ0) is 14.5. The molecule has 0 saturated heterocycles. The zero-order valence-corrected chi connectivity index (χ0v) is 12.5. The van der Waals surface area contributed by atoms with Gasteiger partial charge in [-0.2, -0.15) is 0 Å². The number of benzene rings is 2. The molecule has 2 aromatic rings. The van der Waals surface area contributed by atoms with Crippen LogP contribution in [0.2, 0.25) is 0 Å². The van der Waals surface area contributed by atoms with Crippen LogP contribution in [0.5, 0.6) is 5.75 Å². The van der Waals surface area contributed by atoms with Crippen molar-refractivity contribution in [1.82, 2.24) is 0 Å². The topological polar surface area (TPSA) is 35.2 Å². The average molecular weight is 269 g/mol. The summed E-state index contributed by atoms with van der Waals surface area (Å²) in [5.74, 6) is 0.889. The molecule has 0 aromatic heterocycles. The highest BCUT2D eigenvalue weighted by Crippen LogP contribution is 2.26. The van der Waals surface area contributed by atoms with Crippen LogP contribution in [0.15, 0.2) is 42.5 Å². The van der Waals surface area contributed by atoms with Gasteiger partial charge in [-0.1, -0.05) is 49.7 Å². The molecule has 106 valence electrons. The molecule has 2 heteroatoms. The van der Waals surface area contributed by atoms with E-state index in [1.807, 2.05) is 13.0 Å². The lowest BCUT2D eigenvalue weighted by Crippen LogP contribution is -2.12. The molecule has 0 bridgehead atoms. The second kappa shape index (κ2) is 6.58.